The topological polar surface area (TPSA) is 49.4 Å². The van der Waals surface area contributed by atoms with Crippen LogP contribution in [-0.2, 0) is 16.1 Å². The first-order chi connectivity index (χ1) is 10.4. The second-order valence-corrected chi connectivity index (χ2v) is 9.21. The van der Waals surface area contributed by atoms with E-state index in [9.17, 15) is 9.59 Å². The van der Waals surface area contributed by atoms with Crippen molar-refractivity contribution < 1.29 is 9.59 Å². The van der Waals surface area contributed by atoms with Gasteiger partial charge in [0.25, 0.3) is 0 Å². The first kappa shape index (κ1) is 15.9. The fraction of sp³-hybridized carbons (Fsp3) is 0.625. The van der Waals surface area contributed by atoms with Gasteiger partial charge < -0.3 is 10.2 Å². The Morgan fingerprint density at radius 1 is 1.45 bits per heavy atom. The lowest BCUT2D eigenvalue weighted by molar-refractivity contribution is -0.137. The highest BCUT2D eigenvalue weighted by molar-refractivity contribution is 8.01. The molecule has 3 rings (SSSR count). The van der Waals surface area contributed by atoms with Gasteiger partial charge in [-0.2, -0.15) is 0 Å². The summed E-state index contributed by atoms with van der Waals surface area (Å²) >= 11 is 3.27. The van der Waals surface area contributed by atoms with Crippen molar-refractivity contribution in [3.05, 3.63) is 21.9 Å². The van der Waals surface area contributed by atoms with E-state index in [1.165, 1.54) is 10.4 Å². The first-order valence-electron chi connectivity index (χ1n) is 7.67. The molecular weight excluding hydrogens is 316 g/mol. The molecule has 1 aliphatic carbocycles. The van der Waals surface area contributed by atoms with Crippen LogP contribution in [0.25, 0.3) is 0 Å². The number of carbonyl (C=O) groups excluding carboxylic acids is 2. The SMILES string of the molecule is Cc1ccsc1CN(C(=O)C1CSC(C)(C)C(=O)N1)C1CC1. The van der Waals surface area contributed by atoms with Crippen molar-refractivity contribution in [1.29, 1.82) is 0 Å². The zero-order valence-corrected chi connectivity index (χ0v) is 14.9. The van der Waals surface area contributed by atoms with Gasteiger partial charge in [-0.25, -0.2) is 0 Å². The number of rotatable bonds is 4. The van der Waals surface area contributed by atoms with Crippen LogP contribution >= 0.6 is 23.1 Å². The number of aryl methyl sites for hydroxylation is 1. The lowest BCUT2D eigenvalue weighted by Gasteiger charge is -2.35. The van der Waals surface area contributed by atoms with Crippen LogP contribution in [0.4, 0.5) is 0 Å². The van der Waals surface area contributed by atoms with E-state index in [2.05, 4.69) is 23.7 Å². The molecule has 2 heterocycles. The largest absolute Gasteiger partial charge is 0.342 e. The molecule has 1 aromatic heterocycles. The van der Waals surface area contributed by atoms with Gasteiger partial charge in [0.15, 0.2) is 0 Å². The molecule has 120 valence electrons. The summed E-state index contributed by atoms with van der Waals surface area (Å²) in [7, 11) is 0. The molecule has 1 unspecified atom stereocenters. The molecule has 1 aliphatic heterocycles. The number of carbonyl (C=O) groups is 2. The van der Waals surface area contributed by atoms with E-state index < -0.39 is 4.75 Å². The van der Waals surface area contributed by atoms with Crippen LogP contribution in [0.5, 0.6) is 0 Å². The molecule has 4 nitrogen and oxygen atoms in total. The Bertz CT molecular complexity index is 593. The Morgan fingerprint density at radius 2 is 2.18 bits per heavy atom. The van der Waals surface area contributed by atoms with E-state index in [1.807, 2.05) is 18.7 Å². The van der Waals surface area contributed by atoms with Gasteiger partial charge in [-0.15, -0.1) is 23.1 Å². The quantitative estimate of drug-likeness (QED) is 0.918. The standard InChI is InChI=1S/C16H22N2O2S2/c1-10-6-7-21-13(10)8-18(11-4-5-11)14(19)12-9-22-16(2,3)15(20)17-12/h6-7,11-12H,4-5,8-9H2,1-3H3,(H,17,20). The Kier molecular flexibility index (Phi) is 4.25. The predicted molar refractivity (Wildman–Crippen MR) is 91.1 cm³/mol. The third kappa shape index (κ3) is 3.18. The zero-order valence-electron chi connectivity index (χ0n) is 13.2. The van der Waals surface area contributed by atoms with Crippen molar-refractivity contribution in [3.8, 4) is 0 Å². The Hall–Kier alpha value is -1.01. The van der Waals surface area contributed by atoms with E-state index in [4.69, 9.17) is 0 Å². The minimum atomic E-state index is -0.439. The monoisotopic (exact) mass is 338 g/mol. The summed E-state index contributed by atoms with van der Waals surface area (Å²) in [6.07, 6.45) is 2.16. The summed E-state index contributed by atoms with van der Waals surface area (Å²) in [4.78, 5) is 28.2. The predicted octanol–water partition coefficient (Wildman–Crippen LogP) is 2.56. The molecule has 2 fully saturated rings. The Balaban J connectivity index is 1.71. The molecule has 1 atom stereocenters. The van der Waals surface area contributed by atoms with E-state index in [-0.39, 0.29) is 17.9 Å². The van der Waals surface area contributed by atoms with Crippen molar-refractivity contribution in [3.63, 3.8) is 0 Å². The van der Waals surface area contributed by atoms with Crippen LogP contribution in [0, 0.1) is 6.92 Å². The number of amides is 2. The molecular formula is C16H22N2O2S2. The van der Waals surface area contributed by atoms with Gasteiger partial charge in [0.1, 0.15) is 6.04 Å². The summed E-state index contributed by atoms with van der Waals surface area (Å²) in [5, 5.41) is 4.99. The molecule has 2 amide bonds. The number of thioether (sulfide) groups is 1. The summed E-state index contributed by atoms with van der Waals surface area (Å²) in [5.74, 6) is 0.696. The van der Waals surface area contributed by atoms with Crippen molar-refractivity contribution >= 4 is 34.9 Å². The van der Waals surface area contributed by atoms with E-state index in [0.29, 0.717) is 18.3 Å². The van der Waals surface area contributed by atoms with Gasteiger partial charge in [0.2, 0.25) is 11.8 Å². The van der Waals surface area contributed by atoms with Crippen molar-refractivity contribution in [2.45, 2.75) is 57.0 Å². The summed E-state index contributed by atoms with van der Waals surface area (Å²) < 4.78 is -0.439. The summed E-state index contributed by atoms with van der Waals surface area (Å²) in [6, 6.07) is 2.06. The van der Waals surface area contributed by atoms with Gasteiger partial charge in [0, 0.05) is 16.7 Å². The Labute approximate surface area is 139 Å². The third-order valence-electron chi connectivity index (χ3n) is 4.31. The van der Waals surface area contributed by atoms with Crippen LogP contribution < -0.4 is 5.32 Å². The minimum Gasteiger partial charge on any atom is -0.342 e. The fourth-order valence-corrected chi connectivity index (χ4v) is 4.46. The zero-order chi connectivity index (χ0) is 15.9. The normalized spacial score (nSPS) is 24.0. The van der Waals surface area contributed by atoms with Crippen molar-refractivity contribution in [1.82, 2.24) is 10.2 Å². The fourth-order valence-electron chi connectivity index (χ4n) is 2.56. The number of nitrogens with zero attached hydrogens (tertiary/aromatic N) is 1. The average Bonchev–Trinajstić information content (AvgIpc) is 3.22. The molecule has 22 heavy (non-hydrogen) atoms. The van der Waals surface area contributed by atoms with Crippen LogP contribution in [0.2, 0.25) is 0 Å². The maximum absolute atomic E-state index is 12.9. The third-order valence-corrected chi connectivity index (χ3v) is 6.73. The van der Waals surface area contributed by atoms with Crippen molar-refractivity contribution in [2.24, 2.45) is 0 Å². The van der Waals surface area contributed by atoms with E-state index in [0.717, 1.165) is 12.8 Å². The second kappa shape index (κ2) is 5.89. The lowest BCUT2D eigenvalue weighted by atomic mass is 10.1. The number of hydrogen-bond donors (Lipinski definition) is 1. The molecule has 0 spiro atoms. The minimum absolute atomic E-state index is 0.0369. The van der Waals surface area contributed by atoms with Gasteiger partial charge in [-0.3, -0.25) is 9.59 Å². The molecule has 0 radical (unpaired) electrons. The van der Waals surface area contributed by atoms with E-state index >= 15 is 0 Å². The van der Waals surface area contributed by atoms with Crippen LogP contribution in [0.3, 0.4) is 0 Å². The van der Waals surface area contributed by atoms with Gasteiger partial charge in [0.05, 0.1) is 11.3 Å². The average molecular weight is 338 g/mol. The summed E-state index contributed by atoms with van der Waals surface area (Å²) in [5.41, 5.74) is 1.24. The molecule has 0 bridgehead atoms. The number of thiophene rings is 1. The molecule has 1 saturated heterocycles. The molecule has 2 aliphatic rings. The maximum atomic E-state index is 12.9. The van der Waals surface area contributed by atoms with Gasteiger partial charge >= 0.3 is 0 Å². The highest BCUT2D eigenvalue weighted by atomic mass is 32.2. The van der Waals surface area contributed by atoms with Gasteiger partial charge in [-0.1, -0.05) is 0 Å². The van der Waals surface area contributed by atoms with Crippen LogP contribution in [0.1, 0.15) is 37.1 Å². The van der Waals surface area contributed by atoms with Gasteiger partial charge in [-0.05, 0) is 50.6 Å². The lowest BCUT2D eigenvalue weighted by Crippen LogP contribution is -2.58. The Morgan fingerprint density at radius 3 is 2.73 bits per heavy atom. The molecule has 6 heteroatoms. The molecule has 1 saturated carbocycles. The number of hydrogen-bond acceptors (Lipinski definition) is 4. The summed E-state index contributed by atoms with van der Waals surface area (Å²) in [6.45, 7) is 6.57. The van der Waals surface area contributed by atoms with Crippen molar-refractivity contribution in [2.75, 3.05) is 5.75 Å². The molecule has 0 aromatic carbocycles. The second-order valence-electron chi connectivity index (χ2n) is 6.57. The van der Waals surface area contributed by atoms with Crippen LogP contribution in [-0.4, -0.2) is 39.3 Å². The molecule has 1 N–H and O–H groups in total. The smallest absolute Gasteiger partial charge is 0.246 e. The highest BCUT2D eigenvalue weighted by Crippen LogP contribution is 2.33. The maximum Gasteiger partial charge on any atom is 0.246 e. The first-order valence-corrected chi connectivity index (χ1v) is 9.53. The highest BCUT2D eigenvalue weighted by Gasteiger charge is 2.42. The van der Waals surface area contributed by atoms with E-state index in [1.54, 1.807) is 23.1 Å². The number of nitrogens with one attached hydrogen (secondary N) is 1. The molecule has 1 aromatic rings. The van der Waals surface area contributed by atoms with Crippen LogP contribution in [0.15, 0.2) is 11.4 Å².